The summed E-state index contributed by atoms with van der Waals surface area (Å²) < 4.78 is 6.11. The first-order chi connectivity index (χ1) is 12.1. The number of hydrogen-bond donors (Lipinski definition) is 0. The molecule has 4 nitrogen and oxygen atoms in total. The number of thioether (sulfide) groups is 1. The third kappa shape index (κ3) is 5.94. The Bertz CT molecular complexity index is 711. The quantitative estimate of drug-likeness (QED) is 0.220. The van der Waals surface area contributed by atoms with Crippen molar-refractivity contribution in [2.24, 2.45) is 0 Å². The predicted octanol–water partition coefficient (Wildman–Crippen LogP) is 6.58. The first kappa shape index (κ1) is 19.1. The second-order valence-electron chi connectivity index (χ2n) is 5.61. The minimum atomic E-state index is -0.402. The lowest BCUT2D eigenvalue weighted by Crippen LogP contribution is -2.00. The van der Waals surface area contributed by atoms with Crippen LogP contribution in [0.15, 0.2) is 70.2 Å². The lowest BCUT2D eigenvalue weighted by molar-refractivity contribution is -0.384. The number of benzene rings is 2. The summed E-state index contributed by atoms with van der Waals surface area (Å²) >= 11 is 1.74. The van der Waals surface area contributed by atoms with E-state index in [4.69, 9.17) is 4.74 Å². The molecule has 0 bridgehead atoms. The molecule has 2 aromatic carbocycles. The molecule has 0 saturated heterocycles. The van der Waals surface area contributed by atoms with E-state index in [-0.39, 0.29) is 5.69 Å². The molecule has 0 spiro atoms. The molecule has 0 aromatic heterocycles. The van der Waals surface area contributed by atoms with Gasteiger partial charge in [-0.3, -0.25) is 10.1 Å². The Kier molecular flexibility index (Phi) is 7.54. The van der Waals surface area contributed by atoms with Crippen LogP contribution in [0.3, 0.4) is 0 Å². The highest BCUT2D eigenvalue weighted by Crippen LogP contribution is 2.34. The number of rotatable bonds is 9. The topological polar surface area (TPSA) is 52.4 Å². The first-order valence-corrected chi connectivity index (χ1v) is 9.33. The third-order valence-electron chi connectivity index (χ3n) is 3.54. The van der Waals surface area contributed by atoms with Crippen molar-refractivity contribution in [1.82, 2.24) is 0 Å². The molecule has 0 heterocycles. The number of hydrogen-bond acceptors (Lipinski definition) is 4. The van der Waals surface area contributed by atoms with Gasteiger partial charge in [0.1, 0.15) is 11.5 Å². The SMILES string of the molecule is CCC/C(Oc1ccc([N+](=O)[O-])cc1)=C(/CCC)Sc1ccccc1. The molecular weight excluding hydrogens is 334 g/mol. The molecule has 132 valence electrons. The van der Waals surface area contributed by atoms with Gasteiger partial charge in [0.25, 0.3) is 5.69 Å². The van der Waals surface area contributed by atoms with Crippen LogP contribution < -0.4 is 4.74 Å². The monoisotopic (exact) mass is 357 g/mol. The molecule has 0 saturated carbocycles. The van der Waals surface area contributed by atoms with Crippen LogP contribution in [0, 0.1) is 10.1 Å². The van der Waals surface area contributed by atoms with Crippen molar-refractivity contribution in [2.75, 3.05) is 0 Å². The van der Waals surface area contributed by atoms with Crippen LogP contribution in [0.2, 0.25) is 0 Å². The summed E-state index contributed by atoms with van der Waals surface area (Å²) in [4.78, 5) is 12.8. The second kappa shape index (κ2) is 9.89. The van der Waals surface area contributed by atoms with Crippen molar-refractivity contribution in [3.05, 3.63) is 75.4 Å². The van der Waals surface area contributed by atoms with E-state index in [1.807, 2.05) is 18.2 Å². The Balaban J connectivity index is 2.26. The summed E-state index contributed by atoms with van der Waals surface area (Å²) in [5.41, 5.74) is 0.0702. The zero-order valence-electron chi connectivity index (χ0n) is 14.6. The fourth-order valence-corrected chi connectivity index (χ4v) is 3.50. The van der Waals surface area contributed by atoms with Gasteiger partial charge in [-0.2, -0.15) is 0 Å². The molecule has 5 heteroatoms. The molecule has 0 N–H and O–H groups in total. The average Bonchev–Trinajstić information content (AvgIpc) is 2.62. The molecule has 0 aliphatic carbocycles. The fourth-order valence-electron chi connectivity index (χ4n) is 2.36. The van der Waals surface area contributed by atoms with Gasteiger partial charge in [0, 0.05) is 28.4 Å². The van der Waals surface area contributed by atoms with E-state index in [0.29, 0.717) is 5.75 Å². The number of nitro benzene ring substituents is 1. The maximum atomic E-state index is 10.8. The van der Waals surface area contributed by atoms with Gasteiger partial charge in [-0.1, -0.05) is 50.2 Å². The Hall–Kier alpha value is -2.27. The van der Waals surface area contributed by atoms with Crippen molar-refractivity contribution in [2.45, 2.75) is 44.4 Å². The number of nitrogens with zero attached hydrogens (tertiary/aromatic N) is 1. The molecule has 0 amide bonds. The molecule has 0 fully saturated rings. The van der Waals surface area contributed by atoms with Crippen LogP contribution in [-0.4, -0.2) is 4.92 Å². The Morgan fingerprint density at radius 3 is 2.20 bits per heavy atom. The van der Waals surface area contributed by atoms with Crippen molar-refractivity contribution in [1.29, 1.82) is 0 Å². The summed E-state index contributed by atoms with van der Waals surface area (Å²) in [5.74, 6) is 1.59. The normalized spacial score (nSPS) is 11.8. The van der Waals surface area contributed by atoms with Gasteiger partial charge in [-0.25, -0.2) is 0 Å². The highest BCUT2D eigenvalue weighted by atomic mass is 32.2. The van der Waals surface area contributed by atoms with E-state index >= 15 is 0 Å². The first-order valence-electron chi connectivity index (χ1n) is 8.51. The minimum absolute atomic E-state index is 0.0702. The number of allylic oxidation sites excluding steroid dienone is 2. The smallest absolute Gasteiger partial charge is 0.269 e. The average molecular weight is 357 g/mol. The van der Waals surface area contributed by atoms with Gasteiger partial charge in [-0.15, -0.1) is 0 Å². The molecule has 0 aliphatic heterocycles. The molecule has 0 radical (unpaired) electrons. The predicted molar refractivity (Wildman–Crippen MR) is 103 cm³/mol. The lowest BCUT2D eigenvalue weighted by Gasteiger charge is -2.15. The molecule has 0 atom stereocenters. The van der Waals surface area contributed by atoms with Gasteiger partial charge >= 0.3 is 0 Å². The fraction of sp³-hybridized carbons (Fsp3) is 0.300. The summed E-state index contributed by atoms with van der Waals surface area (Å²) in [7, 11) is 0. The van der Waals surface area contributed by atoms with E-state index in [1.165, 1.54) is 21.9 Å². The van der Waals surface area contributed by atoms with Crippen molar-refractivity contribution < 1.29 is 9.66 Å². The van der Waals surface area contributed by atoms with E-state index in [9.17, 15) is 10.1 Å². The Labute approximate surface area is 153 Å². The zero-order valence-corrected chi connectivity index (χ0v) is 15.4. The number of nitro groups is 1. The summed E-state index contributed by atoms with van der Waals surface area (Å²) in [6.07, 6.45) is 3.80. The molecule has 25 heavy (non-hydrogen) atoms. The molecule has 2 rings (SSSR count). The maximum absolute atomic E-state index is 10.8. The Morgan fingerprint density at radius 1 is 1.00 bits per heavy atom. The zero-order chi connectivity index (χ0) is 18.1. The van der Waals surface area contributed by atoms with Crippen LogP contribution in [0.4, 0.5) is 5.69 Å². The summed E-state index contributed by atoms with van der Waals surface area (Å²) in [6, 6.07) is 16.5. The van der Waals surface area contributed by atoms with Gasteiger partial charge in [0.15, 0.2) is 0 Å². The molecule has 0 unspecified atom stereocenters. The van der Waals surface area contributed by atoms with E-state index in [0.717, 1.165) is 31.4 Å². The largest absolute Gasteiger partial charge is 0.461 e. The van der Waals surface area contributed by atoms with E-state index < -0.39 is 4.92 Å². The van der Waals surface area contributed by atoms with Crippen LogP contribution in [0.25, 0.3) is 0 Å². The van der Waals surface area contributed by atoms with Gasteiger partial charge in [0.05, 0.1) is 4.92 Å². The van der Waals surface area contributed by atoms with Crippen molar-refractivity contribution >= 4 is 17.4 Å². The van der Waals surface area contributed by atoms with Gasteiger partial charge in [-0.05, 0) is 37.1 Å². The number of ether oxygens (including phenoxy) is 1. The minimum Gasteiger partial charge on any atom is -0.461 e. The van der Waals surface area contributed by atoms with Crippen molar-refractivity contribution in [3.8, 4) is 5.75 Å². The van der Waals surface area contributed by atoms with Crippen LogP contribution in [0.5, 0.6) is 5.75 Å². The Morgan fingerprint density at radius 2 is 1.64 bits per heavy atom. The molecule has 2 aromatic rings. The molecular formula is C20H23NO3S. The van der Waals surface area contributed by atoms with E-state index in [2.05, 4.69) is 26.0 Å². The van der Waals surface area contributed by atoms with Gasteiger partial charge < -0.3 is 4.74 Å². The van der Waals surface area contributed by atoms with Gasteiger partial charge in [0.2, 0.25) is 0 Å². The summed E-state index contributed by atoms with van der Waals surface area (Å²) in [5, 5.41) is 10.8. The maximum Gasteiger partial charge on any atom is 0.269 e. The van der Waals surface area contributed by atoms with Crippen molar-refractivity contribution in [3.63, 3.8) is 0 Å². The standard InChI is InChI=1S/C20H23NO3S/c1-3-8-19(24-17-14-12-16(13-15-17)21(22)23)20(9-4-2)25-18-10-6-5-7-11-18/h5-7,10-15H,3-4,8-9H2,1-2H3/b20-19+. The second-order valence-corrected chi connectivity index (χ2v) is 6.78. The van der Waals surface area contributed by atoms with Crippen LogP contribution >= 0.6 is 11.8 Å². The van der Waals surface area contributed by atoms with Crippen LogP contribution in [0.1, 0.15) is 39.5 Å². The van der Waals surface area contributed by atoms with E-state index in [1.54, 1.807) is 23.9 Å². The van der Waals surface area contributed by atoms with Crippen LogP contribution in [-0.2, 0) is 0 Å². The summed E-state index contributed by atoms with van der Waals surface area (Å²) in [6.45, 7) is 4.27. The molecule has 0 aliphatic rings. The number of non-ortho nitro benzene ring substituents is 1. The highest BCUT2D eigenvalue weighted by Gasteiger charge is 2.12. The lowest BCUT2D eigenvalue weighted by atomic mass is 10.2. The third-order valence-corrected chi connectivity index (χ3v) is 4.72. The highest BCUT2D eigenvalue weighted by molar-refractivity contribution is 8.03.